The standard InChI is InChI=1S/C14H8Cl2F4O2S2/c15-1-3-23-13-11(21)5-6(12(22)14(13)24-4-2-16)8(18)10(20)9(19)7(5)17/h1-4H2. The van der Waals surface area contributed by atoms with E-state index in [2.05, 4.69) is 0 Å². The maximum atomic E-state index is 14.0. The van der Waals surface area contributed by atoms with E-state index in [0.717, 1.165) is 23.5 Å². The maximum absolute atomic E-state index is 14.0. The number of rotatable bonds is 6. The summed E-state index contributed by atoms with van der Waals surface area (Å²) >= 11 is 12.8. The van der Waals surface area contributed by atoms with Gasteiger partial charge in [0.15, 0.2) is 23.3 Å². The highest BCUT2D eigenvalue weighted by molar-refractivity contribution is 8.08. The molecule has 0 unspecified atom stereocenters. The molecule has 10 heteroatoms. The van der Waals surface area contributed by atoms with E-state index in [-0.39, 0.29) is 33.1 Å². The summed E-state index contributed by atoms with van der Waals surface area (Å²) in [6.07, 6.45) is 0. The van der Waals surface area contributed by atoms with Crippen LogP contribution in [0.25, 0.3) is 0 Å². The third kappa shape index (κ3) is 3.34. The van der Waals surface area contributed by atoms with E-state index in [1.54, 1.807) is 0 Å². The Hall–Kier alpha value is -0.700. The van der Waals surface area contributed by atoms with Crippen LogP contribution in [0.3, 0.4) is 0 Å². The van der Waals surface area contributed by atoms with Gasteiger partial charge in [-0.05, 0) is 0 Å². The van der Waals surface area contributed by atoms with Crippen LogP contribution in [0.5, 0.6) is 0 Å². The summed E-state index contributed by atoms with van der Waals surface area (Å²) in [6, 6.07) is 0. The molecule has 1 aromatic rings. The fourth-order valence-corrected chi connectivity index (χ4v) is 4.33. The minimum Gasteiger partial charge on any atom is -0.288 e. The fraction of sp³-hybridized carbons (Fsp3) is 0.286. The quantitative estimate of drug-likeness (QED) is 0.288. The van der Waals surface area contributed by atoms with Crippen LogP contribution in [0.2, 0.25) is 0 Å². The van der Waals surface area contributed by atoms with Crippen LogP contribution >= 0.6 is 46.7 Å². The molecule has 0 atom stereocenters. The summed E-state index contributed by atoms with van der Waals surface area (Å²) in [4.78, 5) is 24.6. The average molecular weight is 419 g/mol. The maximum Gasteiger partial charge on any atom is 0.204 e. The average Bonchev–Trinajstić information content (AvgIpc) is 2.57. The molecular weight excluding hydrogens is 411 g/mol. The fourth-order valence-electron chi connectivity index (χ4n) is 2.03. The van der Waals surface area contributed by atoms with Gasteiger partial charge in [0.25, 0.3) is 0 Å². The molecule has 2 nitrogen and oxygen atoms in total. The molecule has 0 fully saturated rings. The van der Waals surface area contributed by atoms with Crippen molar-refractivity contribution >= 4 is 58.3 Å². The predicted molar refractivity (Wildman–Crippen MR) is 88.3 cm³/mol. The Bertz CT molecular complexity index is 692. The molecule has 24 heavy (non-hydrogen) atoms. The Morgan fingerprint density at radius 2 is 1.00 bits per heavy atom. The first-order valence-electron chi connectivity index (χ1n) is 6.43. The lowest BCUT2D eigenvalue weighted by Crippen LogP contribution is -2.25. The van der Waals surface area contributed by atoms with E-state index in [1.165, 1.54) is 0 Å². The van der Waals surface area contributed by atoms with Crippen LogP contribution in [0.15, 0.2) is 9.81 Å². The van der Waals surface area contributed by atoms with Crippen LogP contribution in [0.1, 0.15) is 20.7 Å². The number of halogens is 6. The van der Waals surface area contributed by atoms with Crippen molar-refractivity contribution in [3.8, 4) is 0 Å². The van der Waals surface area contributed by atoms with Gasteiger partial charge in [0.1, 0.15) is 0 Å². The van der Waals surface area contributed by atoms with E-state index in [0.29, 0.717) is 0 Å². The molecule has 1 aliphatic carbocycles. The van der Waals surface area contributed by atoms with Crippen LogP contribution < -0.4 is 0 Å². The SMILES string of the molecule is O=C1C(SCCCl)=C(SCCCl)C(=O)c2c(F)c(F)c(F)c(F)c21. The van der Waals surface area contributed by atoms with Crippen molar-refractivity contribution in [2.24, 2.45) is 0 Å². The smallest absolute Gasteiger partial charge is 0.204 e. The molecule has 0 bridgehead atoms. The van der Waals surface area contributed by atoms with Gasteiger partial charge in [-0.3, -0.25) is 9.59 Å². The number of alkyl halides is 2. The van der Waals surface area contributed by atoms with Gasteiger partial charge in [-0.25, -0.2) is 17.6 Å². The number of thioether (sulfide) groups is 2. The molecule has 0 amide bonds. The van der Waals surface area contributed by atoms with Crippen molar-refractivity contribution in [1.29, 1.82) is 0 Å². The highest BCUT2D eigenvalue weighted by atomic mass is 35.5. The van der Waals surface area contributed by atoms with Gasteiger partial charge in [-0.2, -0.15) is 0 Å². The number of hydrogen-bond acceptors (Lipinski definition) is 4. The number of carbonyl (C=O) groups is 2. The first-order valence-corrected chi connectivity index (χ1v) is 9.47. The van der Waals surface area contributed by atoms with E-state index in [4.69, 9.17) is 23.2 Å². The summed E-state index contributed by atoms with van der Waals surface area (Å²) in [6.45, 7) is 0. The lowest BCUT2D eigenvalue weighted by Gasteiger charge is -2.21. The molecule has 2 rings (SSSR count). The minimum absolute atomic E-state index is 0.130. The van der Waals surface area contributed by atoms with Crippen molar-refractivity contribution < 1.29 is 27.2 Å². The van der Waals surface area contributed by atoms with E-state index in [1.807, 2.05) is 0 Å². The second-order valence-electron chi connectivity index (χ2n) is 4.40. The number of carbonyl (C=O) groups excluding carboxylic acids is 2. The number of hydrogen-bond donors (Lipinski definition) is 0. The number of benzene rings is 1. The second kappa shape index (κ2) is 8.12. The summed E-state index contributed by atoms with van der Waals surface area (Å²) in [5.74, 6) is -9.50. The Balaban J connectivity index is 2.69. The van der Waals surface area contributed by atoms with E-state index < -0.39 is 46.0 Å². The summed E-state index contributed by atoms with van der Waals surface area (Å²) in [5, 5.41) is 0. The first-order chi connectivity index (χ1) is 11.4. The monoisotopic (exact) mass is 418 g/mol. The molecule has 1 aliphatic rings. The molecule has 0 saturated heterocycles. The first kappa shape index (κ1) is 19.6. The molecule has 0 spiro atoms. The van der Waals surface area contributed by atoms with Gasteiger partial charge in [0, 0.05) is 23.3 Å². The third-order valence-electron chi connectivity index (χ3n) is 2.99. The Morgan fingerprint density at radius 3 is 1.29 bits per heavy atom. The number of fused-ring (bicyclic) bond motifs is 1. The highest BCUT2D eigenvalue weighted by Crippen LogP contribution is 2.41. The molecule has 0 aromatic heterocycles. The lowest BCUT2D eigenvalue weighted by molar-refractivity contribution is 0.0979. The van der Waals surface area contributed by atoms with Gasteiger partial charge < -0.3 is 0 Å². The summed E-state index contributed by atoms with van der Waals surface area (Å²) < 4.78 is 54.8. The largest absolute Gasteiger partial charge is 0.288 e. The van der Waals surface area contributed by atoms with Gasteiger partial charge >= 0.3 is 0 Å². The topological polar surface area (TPSA) is 34.1 Å². The number of allylic oxidation sites excluding steroid dienone is 2. The highest BCUT2D eigenvalue weighted by Gasteiger charge is 2.40. The van der Waals surface area contributed by atoms with Crippen molar-refractivity contribution in [1.82, 2.24) is 0 Å². The van der Waals surface area contributed by atoms with Crippen LogP contribution in [-0.2, 0) is 0 Å². The zero-order chi connectivity index (χ0) is 18.0. The summed E-state index contributed by atoms with van der Waals surface area (Å²) in [5.41, 5.74) is -2.19. The minimum atomic E-state index is -2.13. The van der Waals surface area contributed by atoms with Crippen LogP contribution in [0.4, 0.5) is 17.6 Å². The zero-order valence-corrected chi connectivity index (χ0v) is 14.9. The molecular formula is C14H8Cl2F4O2S2. The van der Waals surface area contributed by atoms with E-state index >= 15 is 0 Å². The van der Waals surface area contributed by atoms with Crippen LogP contribution in [-0.4, -0.2) is 34.8 Å². The lowest BCUT2D eigenvalue weighted by atomic mass is 9.92. The zero-order valence-electron chi connectivity index (χ0n) is 11.7. The number of Topliss-reactive ketones (excluding diaryl/α,β-unsaturated/α-hetero) is 2. The molecule has 1 aromatic carbocycles. The van der Waals surface area contributed by atoms with E-state index in [9.17, 15) is 27.2 Å². The van der Waals surface area contributed by atoms with Gasteiger partial charge in [-0.15, -0.1) is 46.7 Å². The van der Waals surface area contributed by atoms with Gasteiger partial charge in [0.2, 0.25) is 11.6 Å². The molecule has 0 radical (unpaired) electrons. The molecule has 130 valence electrons. The predicted octanol–water partition coefficient (Wildman–Crippen LogP) is 4.78. The molecule has 0 aliphatic heterocycles. The third-order valence-corrected chi connectivity index (χ3v) is 6.12. The number of ketones is 2. The van der Waals surface area contributed by atoms with Gasteiger partial charge in [0.05, 0.1) is 20.9 Å². The Labute approximate surface area is 152 Å². The van der Waals surface area contributed by atoms with Crippen molar-refractivity contribution in [3.05, 3.63) is 44.2 Å². The van der Waals surface area contributed by atoms with Gasteiger partial charge in [-0.1, -0.05) is 0 Å². The van der Waals surface area contributed by atoms with Crippen molar-refractivity contribution in [2.75, 3.05) is 23.3 Å². The Kier molecular flexibility index (Phi) is 6.64. The normalized spacial score (nSPS) is 14.4. The molecule has 0 N–H and O–H groups in total. The Morgan fingerprint density at radius 1 is 0.667 bits per heavy atom. The molecule has 0 saturated carbocycles. The van der Waals surface area contributed by atoms with Crippen molar-refractivity contribution in [2.45, 2.75) is 0 Å². The summed E-state index contributed by atoms with van der Waals surface area (Å²) in [7, 11) is 0. The van der Waals surface area contributed by atoms with Crippen molar-refractivity contribution in [3.63, 3.8) is 0 Å². The van der Waals surface area contributed by atoms with Crippen LogP contribution in [0, 0.1) is 23.3 Å². The molecule has 0 heterocycles. The second-order valence-corrected chi connectivity index (χ2v) is 7.36.